The van der Waals surface area contributed by atoms with Gasteiger partial charge in [0, 0.05) is 6.94 Å². The molecule has 12 heavy (non-hydrogen) atoms. The number of allylic oxidation sites excluding steroid dienone is 2. The fraction of sp³-hybridized carbons (Fsp3) is 0.250. The summed E-state index contributed by atoms with van der Waals surface area (Å²) in [7, 11) is 0. The molecule has 0 radical (unpaired) electrons. The molecule has 2 N–H and O–H groups in total. The third-order valence-electron chi connectivity index (χ3n) is 1.53. The zero-order chi connectivity index (χ0) is 10.1. The van der Waals surface area contributed by atoms with Crippen molar-refractivity contribution < 1.29 is 21.2 Å². The second kappa shape index (κ2) is 3.21. The van der Waals surface area contributed by atoms with Crippen LogP contribution in [0.1, 0.15) is 7.79 Å². The SMILES string of the molecule is [2H]C1(C(=O)O)C=CC=C(C(=O)O)C1. The molecule has 1 unspecified atom stereocenters. The van der Waals surface area contributed by atoms with E-state index >= 15 is 0 Å². The van der Waals surface area contributed by atoms with Gasteiger partial charge in [0.05, 0.1) is 5.89 Å². The van der Waals surface area contributed by atoms with Gasteiger partial charge in [0.1, 0.15) is 0 Å². The average Bonchev–Trinajstić information content (AvgIpc) is 2.04. The summed E-state index contributed by atoms with van der Waals surface area (Å²) in [5.41, 5.74) is -0.0556. The van der Waals surface area contributed by atoms with Gasteiger partial charge in [-0.2, -0.15) is 0 Å². The predicted octanol–water partition coefficient (Wildman–Crippen LogP) is 0.658. The minimum absolute atomic E-state index is 0.0556. The van der Waals surface area contributed by atoms with Crippen molar-refractivity contribution in [2.45, 2.75) is 6.42 Å². The number of rotatable bonds is 2. The molecular formula is C8H8O4. The molecule has 0 saturated heterocycles. The van der Waals surface area contributed by atoms with E-state index in [2.05, 4.69) is 0 Å². The quantitative estimate of drug-likeness (QED) is 0.636. The van der Waals surface area contributed by atoms with Gasteiger partial charge in [-0.1, -0.05) is 18.2 Å². The molecule has 0 aromatic rings. The minimum Gasteiger partial charge on any atom is -0.481 e. The number of carboxylic acids is 2. The van der Waals surface area contributed by atoms with E-state index in [4.69, 9.17) is 11.6 Å². The fourth-order valence-corrected chi connectivity index (χ4v) is 0.897. The molecular weight excluding hydrogens is 160 g/mol. The number of carbonyl (C=O) groups is 2. The molecule has 0 spiro atoms. The number of hydrogen-bond acceptors (Lipinski definition) is 2. The summed E-state index contributed by atoms with van der Waals surface area (Å²) in [6, 6.07) is 0. The average molecular weight is 169 g/mol. The van der Waals surface area contributed by atoms with Crippen LogP contribution in [0, 0.1) is 5.89 Å². The Labute approximate surface area is 70.2 Å². The molecule has 0 amide bonds. The summed E-state index contributed by atoms with van der Waals surface area (Å²) < 4.78 is 7.41. The maximum Gasteiger partial charge on any atom is 0.331 e. The Morgan fingerprint density at radius 1 is 1.58 bits per heavy atom. The monoisotopic (exact) mass is 169 g/mol. The van der Waals surface area contributed by atoms with Crippen LogP contribution in [0.25, 0.3) is 0 Å². The standard InChI is InChI=1S/C8H8O4/c9-7(10)5-2-1-3-6(4-5)8(11)12/h1-3,5H,4H2,(H,9,10)(H,11,12)/i5D. The summed E-state index contributed by atoms with van der Waals surface area (Å²) in [5, 5.41) is 17.2. The number of hydrogen-bond donors (Lipinski definition) is 2. The third-order valence-corrected chi connectivity index (χ3v) is 1.53. The molecule has 4 nitrogen and oxygen atoms in total. The Balaban J connectivity index is 2.92. The molecule has 0 fully saturated rings. The van der Waals surface area contributed by atoms with Crippen LogP contribution in [0.3, 0.4) is 0 Å². The Bertz CT molecular complexity index is 318. The van der Waals surface area contributed by atoms with Crippen LogP contribution in [0.2, 0.25) is 0 Å². The lowest BCUT2D eigenvalue weighted by molar-refractivity contribution is -0.140. The van der Waals surface area contributed by atoms with Gasteiger partial charge >= 0.3 is 11.9 Å². The Hall–Kier alpha value is -1.58. The number of aliphatic carboxylic acids is 2. The van der Waals surface area contributed by atoms with E-state index in [1.165, 1.54) is 18.2 Å². The van der Waals surface area contributed by atoms with Crippen LogP contribution < -0.4 is 0 Å². The Kier molecular flexibility index (Phi) is 1.90. The van der Waals surface area contributed by atoms with Crippen LogP contribution in [-0.2, 0) is 9.59 Å². The van der Waals surface area contributed by atoms with Crippen molar-refractivity contribution in [3.8, 4) is 0 Å². The first-order chi connectivity index (χ1) is 5.96. The van der Waals surface area contributed by atoms with Gasteiger partial charge in [-0.3, -0.25) is 4.79 Å². The highest BCUT2D eigenvalue weighted by atomic mass is 16.4. The predicted molar refractivity (Wildman–Crippen MR) is 40.6 cm³/mol. The van der Waals surface area contributed by atoms with Crippen LogP contribution in [0.15, 0.2) is 23.8 Å². The first kappa shape index (κ1) is 7.09. The van der Waals surface area contributed by atoms with Crippen LogP contribution in [-0.4, -0.2) is 22.2 Å². The smallest absolute Gasteiger partial charge is 0.331 e. The lowest BCUT2D eigenvalue weighted by atomic mass is 9.95. The summed E-state index contributed by atoms with van der Waals surface area (Å²) in [4.78, 5) is 21.1. The van der Waals surface area contributed by atoms with E-state index < -0.39 is 17.8 Å². The highest BCUT2D eigenvalue weighted by molar-refractivity contribution is 5.89. The highest BCUT2D eigenvalue weighted by Crippen LogP contribution is 2.18. The van der Waals surface area contributed by atoms with Crippen molar-refractivity contribution in [2.24, 2.45) is 5.89 Å². The second-order valence-electron chi connectivity index (χ2n) is 2.36. The van der Waals surface area contributed by atoms with Crippen molar-refractivity contribution in [1.29, 1.82) is 0 Å². The van der Waals surface area contributed by atoms with Crippen molar-refractivity contribution in [3.63, 3.8) is 0 Å². The molecule has 1 atom stereocenters. The molecule has 1 rings (SSSR count). The van der Waals surface area contributed by atoms with E-state index in [1.807, 2.05) is 0 Å². The maximum atomic E-state index is 10.6. The summed E-state index contributed by atoms with van der Waals surface area (Å²) >= 11 is 0. The lowest BCUT2D eigenvalue weighted by Crippen LogP contribution is -2.16. The molecule has 64 valence electrons. The zero-order valence-electron chi connectivity index (χ0n) is 7.15. The van der Waals surface area contributed by atoms with E-state index in [9.17, 15) is 9.59 Å². The van der Waals surface area contributed by atoms with Gasteiger partial charge in [-0.15, -0.1) is 0 Å². The first-order valence-corrected chi connectivity index (χ1v) is 3.31. The van der Waals surface area contributed by atoms with Crippen LogP contribution in [0.5, 0.6) is 0 Å². The Morgan fingerprint density at radius 2 is 2.25 bits per heavy atom. The van der Waals surface area contributed by atoms with Gasteiger partial charge in [-0.25, -0.2) is 4.79 Å². The molecule has 0 heterocycles. The first-order valence-electron chi connectivity index (χ1n) is 3.81. The normalized spacial score (nSPS) is 29.0. The van der Waals surface area contributed by atoms with E-state index in [-0.39, 0.29) is 12.0 Å². The zero-order valence-corrected chi connectivity index (χ0v) is 6.15. The molecule has 0 aromatic heterocycles. The molecule has 1 aliphatic rings. The van der Waals surface area contributed by atoms with E-state index in [1.54, 1.807) is 0 Å². The van der Waals surface area contributed by atoms with E-state index in [0.29, 0.717) is 0 Å². The maximum absolute atomic E-state index is 10.6. The minimum atomic E-state index is -1.83. The Morgan fingerprint density at radius 3 is 2.75 bits per heavy atom. The van der Waals surface area contributed by atoms with Crippen molar-refractivity contribution in [1.82, 2.24) is 0 Å². The molecule has 0 aromatic carbocycles. The largest absolute Gasteiger partial charge is 0.481 e. The van der Waals surface area contributed by atoms with Crippen molar-refractivity contribution in [2.75, 3.05) is 0 Å². The summed E-state index contributed by atoms with van der Waals surface area (Å²) in [5.74, 6) is -4.35. The van der Waals surface area contributed by atoms with Gasteiger partial charge in [0.25, 0.3) is 0 Å². The number of carboxylic acid groups (broad SMARTS) is 2. The van der Waals surface area contributed by atoms with Gasteiger partial charge in [0.2, 0.25) is 0 Å². The van der Waals surface area contributed by atoms with Crippen LogP contribution >= 0.6 is 0 Å². The summed E-state index contributed by atoms with van der Waals surface area (Å²) in [6.45, 7) is 0. The summed E-state index contributed by atoms with van der Waals surface area (Å²) in [6.07, 6.45) is 3.46. The molecule has 0 bridgehead atoms. The molecule has 4 heteroatoms. The van der Waals surface area contributed by atoms with Crippen molar-refractivity contribution in [3.05, 3.63) is 23.8 Å². The second-order valence-corrected chi connectivity index (χ2v) is 2.36. The molecule has 1 aliphatic carbocycles. The van der Waals surface area contributed by atoms with Gasteiger partial charge < -0.3 is 10.2 Å². The van der Waals surface area contributed by atoms with Gasteiger partial charge in [0.15, 0.2) is 0 Å². The highest BCUT2D eigenvalue weighted by Gasteiger charge is 2.21. The van der Waals surface area contributed by atoms with Crippen LogP contribution in [0.4, 0.5) is 0 Å². The fourth-order valence-electron chi connectivity index (χ4n) is 0.897. The van der Waals surface area contributed by atoms with Crippen molar-refractivity contribution >= 4 is 11.9 Å². The lowest BCUT2D eigenvalue weighted by Gasteiger charge is -2.10. The van der Waals surface area contributed by atoms with Gasteiger partial charge in [-0.05, 0) is 6.42 Å². The molecule has 0 aliphatic heterocycles. The van der Waals surface area contributed by atoms with E-state index in [0.717, 1.165) is 0 Å². The molecule has 0 saturated carbocycles. The third kappa shape index (κ3) is 1.72. The topological polar surface area (TPSA) is 74.6 Å².